The molecule has 1 aliphatic heterocycles. The second-order valence-electron chi connectivity index (χ2n) is 4.11. The molecule has 74 valence electrons. The van der Waals surface area contributed by atoms with Crippen molar-refractivity contribution in [1.82, 2.24) is 4.90 Å². The molecule has 0 bridgehead atoms. The highest BCUT2D eigenvalue weighted by Crippen LogP contribution is 2.22. The van der Waals surface area contributed by atoms with E-state index >= 15 is 0 Å². The summed E-state index contributed by atoms with van der Waals surface area (Å²) in [4.78, 5) is 13.5. The minimum absolute atomic E-state index is 0.337. The fourth-order valence-corrected chi connectivity index (χ4v) is 2.28. The molecule has 0 N–H and O–H groups in total. The topological polar surface area (TPSA) is 29.5 Å². The Hall–Kier alpha value is -0.410. The van der Waals surface area contributed by atoms with Gasteiger partial charge in [0.05, 0.1) is 12.7 Å². The summed E-state index contributed by atoms with van der Waals surface area (Å²) in [5, 5.41) is 0. The van der Waals surface area contributed by atoms with Crippen molar-refractivity contribution in [1.29, 1.82) is 0 Å². The third-order valence-corrected chi connectivity index (χ3v) is 3.01. The van der Waals surface area contributed by atoms with Crippen LogP contribution in [0.2, 0.25) is 0 Å². The van der Waals surface area contributed by atoms with Gasteiger partial charge < -0.3 is 4.74 Å². The zero-order chi connectivity index (χ0) is 9.26. The average Bonchev–Trinajstić information content (AvgIpc) is 2.52. The van der Waals surface area contributed by atoms with Crippen LogP contribution in [0.3, 0.4) is 0 Å². The maximum absolute atomic E-state index is 11.1. The Morgan fingerprint density at radius 1 is 1.54 bits per heavy atom. The van der Waals surface area contributed by atoms with Crippen LogP contribution < -0.4 is 0 Å². The SMILES string of the molecule is CC1CN(C2CCC(=O)C2)CCO1. The summed E-state index contributed by atoms with van der Waals surface area (Å²) in [6.07, 6.45) is 2.96. The fraction of sp³-hybridized carbons (Fsp3) is 0.900. The third kappa shape index (κ3) is 2.09. The van der Waals surface area contributed by atoms with E-state index in [9.17, 15) is 4.79 Å². The summed E-state index contributed by atoms with van der Waals surface area (Å²) < 4.78 is 5.47. The Bertz CT molecular complexity index is 205. The minimum Gasteiger partial charge on any atom is -0.376 e. The maximum Gasteiger partial charge on any atom is 0.134 e. The van der Waals surface area contributed by atoms with Gasteiger partial charge in [-0.2, -0.15) is 0 Å². The molecule has 1 heterocycles. The number of hydrogen-bond donors (Lipinski definition) is 0. The molecular weight excluding hydrogens is 166 g/mol. The van der Waals surface area contributed by atoms with Crippen molar-refractivity contribution in [3.8, 4) is 0 Å². The molecule has 3 nitrogen and oxygen atoms in total. The second kappa shape index (κ2) is 3.76. The van der Waals surface area contributed by atoms with Gasteiger partial charge in [-0.1, -0.05) is 0 Å². The quantitative estimate of drug-likeness (QED) is 0.603. The van der Waals surface area contributed by atoms with Crippen LogP contribution in [0, 0.1) is 0 Å². The number of ether oxygens (including phenoxy) is 1. The molecule has 0 aromatic carbocycles. The van der Waals surface area contributed by atoms with Crippen LogP contribution in [-0.4, -0.2) is 42.5 Å². The van der Waals surface area contributed by atoms with Crippen molar-refractivity contribution in [2.24, 2.45) is 0 Å². The summed E-state index contributed by atoms with van der Waals surface area (Å²) >= 11 is 0. The van der Waals surface area contributed by atoms with Crippen molar-refractivity contribution in [3.05, 3.63) is 0 Å². The van der Waals surface area contributed by atoms with Gasteiger partial charge in [0, 0.05) is 32.0 Å². The molecular formula is C10H17NO2. The maximum atomic E-state index is 11.1. The number of rotatable bonds is 1. The first-order valence-electron chi connectivity index (χ1n) is 5.13. The third-order valence-electron chi connectivity index (χ3n) is 3.01. The van der Waals surface area contributed by atoms with Gasteiger partial charge in [0.1, 0.15) is 5.78 Å². The van der Waals surface area contributed by atoms with Gasteiger partial charge in [0.15, 0.2) is 0 Å². The van der Waals surface area contributed by atoms with E-state index in [4.69, 9.17) is 4.74 Å². The molecule has 0 spiro atoms. The first-order valence-corrected chi connectivity index (χ1v) is 5.13. The monoisotopic (exact) mass is 183 g/mol. The predicted octanol–water partition coefficient (Wildman–Crippen LogP) is 0.829. The van der Waals surface area contributed by atoms with Crippen LogP contribution >= 0.6 is 0 Å². The van der Waals surface area contributed by atoms with E-state index in [1.807, 2.05) is 0 Å². The molecule has 1 saturated heterocycles. The van der Waals surface area contributed by atoms with Crippen molar-refractivity contribution in [2.75, 3.05) is 19.7 Å². The second-order valence-corrected chi connectivity index (χ2v) is 4.11. The Balaban J connectivity index is 1.89. The van der Waals surface area contributed by atoms with Crippen molar-refractivity contribution in [3.63, 3.8) is 0 Å². The highest BCUT2D eigenvalue weighted by Gasteiger charge is 2.30. The van der Waals surface area contributed by atoms with Crippen molar-refractivity contribution < 1.29 is 9.53 Å². The highest BCUT2D eigenvalue weighted by atomic mass is 16.5. The average molecular weight is 183 g/mol. The standard InChI is InChI=1S/C10H17NO2/c1-8-7-11(4-5-13-8)9-2-3-10(12)6-9/h8-9H,2-7H2,1H3. The lowest BCUT2D eigenvalue weighted by atomic mass is 10.2. The van der Waals surface area contributed by atoms with Gasteiger partial charge in [0.25, 0.3) is 0 Å². The van der Waals surface area contributed by atoms with E-state index in [2.05, 4.69) is 11.8 Å². The van der Waals surface area contributed by atoms with E-state index in [0.29, 0.717) is 17.9 Å². The van der Waals surface area contributed by atoms with E-state index in [1.165, 1.54) is 0 Å². The van der Waals surface area contributed by atoms with Crippen molar-refractivity contribution in [2.45, 2.75) is 38.3 Å². The summed E-state index contributed by atoms with van der Waals surface area (Å²) in [5.74, 6) is 0.434. The number of hydrogen-bond acceptors (Lipinski definition) is 3. The zero-order valence-electron chi connectivity index (χ0n) is 8.16. The molecule has 2 atom stereocenters. The van der Waals surface area contributed by atoms with Gasteiger partial charge in [-0.25, -0.2) is 0 Å². The number of carbonyl (C=O) groups is 1. The van der Waals surface area contributed by atoms with Crippen molar-refractivity contribution >= 4 is 5.78 Å². The van der Waals surface area contributed by atoms with Gasteiger partial charge in [0.2, 0.25) is 0 Å². The van der Waals surface area contributed by atoms with Crippen LogP contribution in [0.5, 0.6) is 0 Å². The summed E-state index contributed by atoms with van der Waals surface area (Å²) in [6.45, 7) is 4.93. The lowest BCUT2D eigenvalue weighted by molar-refractivity contribution is -0.118. The van der Waals surface area contributed by atoms with E-state index in [0.717, 1.165) is 39.0 Å². The molecule has 2 aliphatic rings. The Morgan fingerprint density at radius 3 is 3.00 bits per heavy atom. The van der Waals surface area contributed by atoms with Gasteiger partial charge in [-0.05, 0) is 13.3 Å². The van der Waals surface area contributed by atoms with E-state index in [-0.39, 0.29) is 0 Å². The Morgan fingerprint density at radius 2 is 2.38 bits per heavy atom. The summed E-state index contributed by atoms with van der Waals surface area (Å²) in [5.41, 5.74) is 0. The molecule has 2 unspecified atom stereocenters. The van der Waals surface area contributed by atoms with Gasteiger partial charge in [-0.3, -0.25) is 9.69 Å². The minimum atomic E-state index is 0.337. The van der Waals surface area contributed by atoms with Gasteiger partial charge >= 0.3 is 0 Å². The number of Topliss-reactive ketones (excluding diaryl/α,β-unsaturated/α-hetero) is 1. The number of ketones is 1. The number of carbonyl (C=O) groups excluding carboxylic acids is 1. The smallest absolute Gasteiger partial charge is 0.134 e. The molecule has 0 aromatic heterocycles. The highest BCUT2D eigenvalue weighted by molar-refractivity contribution is 5.81. The molecule has 0 radical (unpaired) electrons. The van der Waals surface area contributed by atoms with Gasteiger partial charge in [-0.15, -0.1) is 0 Å². The van der Waals surface area contributed by atoms with Crippen LogP contribution in [0.4, 0.5) is 0 Å². The molecule has 2 rings (SSSR count). The van der Waals surface area contributed by atoms with Crippen LogP contribution in [-0.2, 0) is 9.53 Å². The zero-order valence-corrected chi connectivity index (χ0v) is 8.16. The van der Waals surface area contributed by atoms with Crippen LogP contribution in [0.1, 0.15) is 26.2 Å². The molecule has 3 heteroatoms. The van der Waals surface area contributed by atoms with E-state index < -0.39 is 0 Å². The number of morpholine rings is 1. The molecule has 1 aliphatic carbocycles. The van der Waals surface area contributed by atoms with E-state index in [1.54, 1.807) is 0 Å². The first kappa shape index (κ1) is 9.16. The Kier molecular flexibility index (Phi) is 2.65. The molecule has 0 amide bonds. The predicted molar refractivity (Wildman–Crippen MR) is 49.6 cm³/mol. The fourth-order valence-electron chi connectivity index (χ4n) is 2.28. The molecule has 2 fully saturated rings. The molecule has 1 saturated carbocycles. The van der Waals surface area contributed by atoms with Crippen LogP contribution in [0.15, 0.2) is 0 Å². The largest absolute Gasteiger partial charge is 0.376 e. The molecule has 13 heavy (non-hydrogen) atoms. The number of nitrogens with zero attached hydrogens (tertiary/aromatic N) is 1. The lowest BCUT2D eigenvalue weighted by Crippen LogP contribution is -2.45. The molecule has 0 aromatic rings. The summed E-state index contributed by atoms with van der Waals surface area (Å²) in [6, 6.07) is 0.513. The lowest BCUT2D eigenvalue weighted by Gasteiger charge is -2.35. The Labute approximate surface area is 79.0 Å². The van der Waals surface area contributed by atoms with Crippen LogP contribution in [0.25, 0.3) is 0 Å². The normalized spacial score (nSPS) is 36.8. The first-order chi connectivity index (χ1) is 6.25. The summed E-state index contributed by atoms with van der Waals surface area (Å²) in [7, 11) is 0.